The molecular formula is C42H59N7O5Sn. The summed E-state index contributed by atoms with van der Waals surface area (Å²) in [5, 5.41) is 22.7. The van der Waals surface area contributed by atoms with Gasteiger partial charge in [-0.1, -0.05) is 12.1 Å². The van der Waals surface area contributed by atoms with E-state index in [0.29, 0.717) is 37.6 Å². The summed E-state index contributed by atoms with van der Waals surface area (Å²) >= 11 is -1.89. The van der Waals surface area contributed by atoms with E-state index in [2.05, 4.69) is 88.4 Å². The monoisotopic (exact) mass is 861 g/mol. The SMILES string of the molecule is CC(C)(C)OC(=O)N1CCO[C@H](CNc2nc(-c3ccc(N4CCC(O)CC4)cc3)cc3nccnc23)C1.[CH3][Sn]([CH3])([CH3])[c]1ccc(N2CCC(O)CC2)cc1. The standard InChI is InChI=1S/C28H36N6O4.C11H14NO.3CH3.Sn/c1-28(2,3)38-27(36)34-14-15-37-22(18-34)17-31-26-25-24(29-10-11-30-25)16-23(32-26)19-4-6-20(7-5-19)33-12-8-21(35)9-13-33;13-11-6-8-12(9-7-11)10-4-2-1-3-5-10;;;;/h4-7,10-11,16,21-22,35H,8-9,12-15,17-18H2,1-3H3,(H,31,32);2-5,11,13H,6-9H2;3*1H3;/t22-;;;;;/m1...../s1. The van der Waals surface area contributed by atoms with Gasteiger partial charge in [-0.15, -0.1) is 0 Å². The van der Waals surface area contributed by atoms with Gasteiger partial charge in [-0.25, -0.2) is 14.8 Å². The number of hydrogen-bond donors (Lipinski definition) is 3. The molecule has 2 aromatic heterocycles. The van der Waals surface area contributed by atoms with Crippen LogP contribution in [0, 0.1) is 0 Å². The van der Waals surface area contributed by atoms with Crippen molar-refractivity contribution in [2.45, 2.75) is 85.2 Å². The Morgan fingerprint density at radius 1 is 0.855 bits per heavy atom. The van der Waals surface area contributed by atoms with Crippen LogP contribution >= 0.6 is 0 Å². The molecule has 296 valence electrons. The molecule has 5 heterocycles. The Balaban J connectivity index is 0.000000252. The first-order valence-electron chi connectivity index (χ1n) is 19.7. The molecule has 1 atom stereocenters. The van der Waals surface area contributed by atoms with Gasteiger partial charge in [0.15, 0.2) is 5.82 Å². The average Bonchev–Trinajstić information content (AvgIpc) is 3.17. The van der Waals surface area contributed by atoms with Crippen molar-refractivity contribution in [3.05, 3.63) is 67.0 Å². The maximum atomic E-state index is 12.5. The molecule has 7 rings (SSSR count). The molecule has 2 aromatic carbocycles. The Bertz CT molecular complexity index is 1850. The van der Waals surface area contributed by atoms with Crippen molar-refractivity contribution in [3.63, 3.8) is 0 Å². The zero-order valence-electron chi connectivity index (χ0n) is 33.4. The Kier molecular flexibility index (Phi) is 13.4. The number of anilines is 3. The predicted octanol–water partition coefficient (Wildman–Crippen LogP) is 5.89. The third-order valence-electron chi connectivity index (χ3n) is 10.3. The molecule has 0 radical (unpaired) electrons. The average molecular weight is 861 g/mol. The summed E-state index contributed by atoms with van der Waals surface area (Å²) in [6, 6.07) is 19.4. The number of aromatic nitrogens is 3. The van der Waals surface area contributed by atoms with E-state index in [0.717, 1.165) is 74.3 Å². The van der Waals surface area contributed by atoms with Gasteiger partial charge in [0.1, 0.15) is 11.1 Å². The van der Waals surface area contributed by atoms with Gasteiger partial charge in [-0.3, -0.25) is 4.98 Å². The van der Waals surface area contributed by atoms with E-state index in [9.17, 15) is 15.0 Å². The number of aliphatic hydroxyl groups excluding tert-OH is 2. The number of carbonyl (C=O) groups is 1. The Hall–Kier alpha value is -3.72. The Labute approximate surface area is 330 Å². The van der Waals surface area contributed by atoms with Gasteiger partial charge in [0.2, 0.25) is 0 Å². The van der Waals surface area contributed by atoms with Gasteiger partial charge in [-0.05, 0) is 51.8 Å². The summed E-state index contributed by atoms with van der Waals surface area (Å²) in [6.07, 6.45) is 5.90. The van der Waals surface area contributed by atoms with Gasteiger partial charge >= 0.3 is 115 Å². The quantitative estimate of drug-likeness (QED) is 0.192. The fourth-order valence-corrected chi connectivity index (χ4v) is 10.4. The first kappa shape index (κ1) is 40.9. The van der Waals surface area contributed by atoms with Crippen molar-refractivity contribution in [2.24, 2.45) is 0 Å². The van der Waals surface area contributed by atoms with Crippen LogP contribution < -0.4 is 18.7 Å². The molecule has 55 heavy (non-hydrogen) atoms. The van der Waals surface area contributed by atoms with E-state index >= 15 is 0 Å². The van der Waals surface area contributed by atoms with Gasteiger partial charge in [0.05, 0.1) is 36.6 Å². The number of nitrogens with one attached hydrogen (secondary N) is 1. The fraction of sp³-hybridized carbons (Fsp3) is 0.524. The molecule has 3 saturated heterocycles. The predicted molar refractivity (Wildman–Crippen MR) is 223 cm³/mol. The van der Waals surface area contributed by atoms with Crippen molar-refractivity contribution in [3.8, 4) is 11.3 Å². The molecule has 1 amide bonds. The molecule has 0 aliphatic carbocycles. The van der Waals surface area contributed by atoms with Crippen molar-refractivity contribution >= 4 is 56.3 Å². The Morgan fingerprint density at radius 2 is 1.42 bits per heavy atom. The summed E-state index contributed by atoms with van der Waals surface area (Å²) in [7, 11) is 0. The molecule has 4 aromatic rings. The molecule has 0 saturated carbocycles. The number of pyridine rings is 1. The number of ether oxygens (including phenoxy) is 2. The number of amides is 1. The molecule has 0 unspecified atom stereocenters. The summed E-state index contributed by atoms with van der Waals surface area (Å²) in [5.41, 5.74) is 5.11. The third kappa shape index (κ3) is 11.4. The first-order valence-corrected chi connectivity index (χ1v) is 29.7. The number of benzene rings is 2. The van der Waals surface area contributed by atoms with E-state index in [4.69, 9.17) is 14.5 Å². The van der Waals surface area contributed by atoms with E-state index < -0.39 is 24.0 Å². The number of hydrogen-bond acceptors (Lipinski definition) is 11. The van der Waals surface area contributed by atoms with Crippen LogP contribution in [0.1, 0.15) is 46.5 Å². The maximum absolute atomic E-state index is 12.5. The number of piperidine rings is 2. The molecule has 3 fully saturated rings. The van der Waals surface area contributed by atoms with Gasteiger partial charge in [0, 0.05) is 49.8 Å². The minimum absolute atomic E-state index is 0.0868. The zero-order valence-corrected chi connectivity index (χ0v) is 36.2. The third-order valence-corrected chi connectivity index (χ3v) is 16.2. The van der Waals surface area contributed by atoms with Crippen molar-refractivity contribution in [2.75, 3.05) is 67.5 Å². The van der Waals surface area contributed by atoms with Crippen LogP contribution in [0.15, 0.2) is 67.0 Å². The van der Waals surface area contributed by atoms with Crippen molar-refractivity contribution in [1.82, 2.24) is 19.9 Å². The molecule has 0 bridgehead atoms. The summed E-state index contributed by atoms with van der Waals surface area (Å²) in [6.45, 7) is 11.1. The van der Waals surface area contributed by atoms with E-state index in [1.807, 2.05) is 26.8 Å². The second-order valence-corrected chi connectivity index (χ2v) is 31.4. The second kappa shape index (κ2) is 18.0. The van der Waals surface area contributed by atoms with E-state index in [1.54, 1.807) is 20.9 Å². The number of nitrogens with zero attached hydrogens (tertiary/aromatic N) is 6. The number of fused-ring (bicyclic) bond motifs is 1. The van der Waals surface area contributed by atoms with Crippen LogP contribution in [0.25, 0.3) is 22.3 Å². The van der Waals surface area contributed by atoms with Crippen molar-refractivity contribution in [1.29, 1.82) is 0 Å². The van der Waals surface area contributed by atoms with Crippen LogP contribution in [-0.2, 0) is 9.47 Å². The summed E-state index contributed by atoms with van der Waals surface area (Å²) < 4.78 is 13.0. The molecule has 3 N–H and O–H groups in total. The van der Waals surface area contributed by atoms with Crippen LogP contribution in [0.2, 0.25) is 14.8 Å². The fourth-order valence-electron chi connectivity index (χ4n) is 7.05. The van der Waals surface area contributed by atoms with Gasteiger partial charge in [-0.2, -0.15) is 0 Å². The number of rotatable bonds is 7. The van der Waals surface area contributed by atoms with Crippen molar-refractivity contribution < 1.29 is 24.5 Å². The summed E-state index contributed by atoms with van der Waals surface area (Å²) in [5.74, 6) is 0.623. The molecule has 3 aliphatic rings. The topological polar surface area (TPSA) is 136 Å². The van der Waals surface area contributed by atoms with E-state index in [-0.39, 0.29) is 24.4 Å². The van der Waals surface area contributed by atoms with Crippen LogP contribution in [0.5, 0.6) is 0 Å². The zero-order chi connectivity index (χ0) is 39.2. The van der Waals surface area contributed by atoms with Gasteiger partial charge < -0.3 is 29.7 Å². The van der Waals surface area contributed by atoms with Gasteiger partial charge in [0.25, 0.3) is 0 Å². The molecule has 13 heteroatoms. The van der Waals surface area contributed by atoms with Crippen LogP contribution in [0.4, 0.5) is 22.0 Å². The summed E-state index contributed by atoms with van der Waals surface area (Å²) in [4.78, 5) is 40.1. The Morgan fingerprint density at radius 3 is 1.98 bits per heavy atom. The molecule has 3 aliphatic heterocycles. The second-order valence-electron chi connectivity index (χ2n) is 16.9. The minimum atomic E-state index is -1.89. The number of carbonyl (C=O) groups excluding carboxylic acids is 1. The number of morpholine rings is 1. The molecular weight excluding hydrogens is 801 g/mol. The van der Waals surface area contributed by atoms with Crippen LogP contribution in [0.3, 0.4) is 0 Å². The molecule has 0 spiro atoms. The number of aliphatic hydroxyl groups is 2. The molecule has 12 nitrogen and oxygen atoms in total. The normalized spacial score (nSPS) is 18.8. The van der Waals surface area contributed by atoms with Crippen LogP contribution in [-0.4, -0.2) is 131 Å². The first-order chi connectivity index (χ1) is 26.2. The van der Waals surface area contributed by atoms with E-state index in [1.165, 1.54) is 5.69 Å².